The lowest BCUT2D eigenvalue weighted by atomic mass is 9.77. The summed E-state index contributed by atoms with van der Waals surface area (Å²) in [4.78, 5) is 39.1. The molecule has 0 heterocycles. The number of aliphatic hydroxyl groups is 1. The highest BCUT2D eigenvalue weighted by Crippen LogP contribution is 2.42. The maximum absolute atomic E-state index is 13.6. The Hall–Kier alpha value is -4.28. The minimum atomic E-state index is -1.01. The van der Waals surface area contributed by atoms with Gasteiger partial charge in [0.1, 0.15) is 30.4 Å². The Bertz CT molecular complexity index is 2050. The third-order valence-corrected chi connectivity index (χ3v) is 12.2. The van der Waals surface area contributed by atoms with Crippen molar-refractivity contribution in [1.29, 1.82) is 0 Å². The minimum Gasteiger partial charge on any atom is -0.507 e. The van der Waals surface area contributed by atoms with E-state index < -0.39 is 17.4 Å². The summed E-state index contributed by atoms with van der Waals surface area (Å²) in [5, 5.41) is 26.1. The second-order valence-corrected chi connectivity index (χ2v) is 25.0. The zero-order chi connectivity index (χ0) is 52.3. The molecular weight excluding hydrogens is 855 g/mol. The van der Waals surface area contributed by atoms with E-state index >= 15 is 0 Å². The molecule has 2 aromatic rings. The second kappa shape index (κ2) is 24.0. The summed E-state index contributed by atoms with van der Waals surface area (Å²) in [5.74, 6) is -0.263. The van der Waals surface area contributed by atoms with E-state index in [1.165, 1.54) is 0 Å². The molecule has 0 radical (unpaired) electrons. The van der Waals surface area contributed by atoms with Crippen molar-refractivity contribution in [2.45, 2.75) is 192 Å². The van der Waals surface area contributed by atoms with Gasteiger partial charge in [-0.25, -0.2) is 0 Å². The normalized spacial score (nSPS) is 14.7. The fraction of sp³-hybridized carbons (Fsp3) is 0.655. The quantitative estimate of drug-likeness (QED) is 0.0411. The van der Waals surface area contributed by atoms with Crippen molar-refractivity contribution in [2.75, 3.05) is 40.1 Å². The molecule has 0 bridgehead atoms. The van der Waals surface area contributed by atoms with Crippen molar-refractivity contribution >= 4 is 17.6 Å². The van der Waals surface area contributed by atoms with E-state index in [0.29, 0.717) is 37.3 Å². The molecule has 0 fully saturated rings. The average molecular weight is 946 g/mol. The van der Waals surface area contributed by atoms with Crippen molar-refractivity contribution < 1.29 is 38.7 Å². The monoisotopic (exact) mass is 946 g/mol. The predicted molar refractivity (Wildman–Crippen MR) is 279 cm³/mol. The first-order chi connectivity index (χ1) is 31.0. The van der Waals surface area contributed by atoms with Gasteiger partial charge in [-0.05, 0) is 115 Å². The highest BCUT2D eigenvalue weighted by Gasteiger charge is 2.36. The third-order valence-electron chi connectivity index (χ3n) is 12.2. The van der Waals surface area contributed by atoms with Crippen molar-refractivity contribution in [3.63, 3.8) is 0 Å². The van der Waals surface area contributed by atoms with E-state index in [-0.39, 0.29) is 77.5 Å². The van der Waals surface area contributed by atoms with E-state index in [4.69, 9.17) is 18.9 Å². The van der Waals surface area contributed by atoms with E-state index in [9.17, 15) is 24.7 Å². The van der Waals surface area contributed by atoms with Crippen LogP contribution >= 0.6 is 0 Å². The molecule has 68 heavy (non-hydrogen) atoms. The SMILES string of the molecule is C\C=C(/C(O)=C(\C=C\CCC(=O)OCC(COC)(COCCCc1cc(C(C)(C)C)c(O)c(C(C)(C)C)c1)COC(=O)CCc1cc(C(C)(C)C)c(N=O)c(C(C)(C)C)c1)C(C)(C)C)C(C)(C)C. The molecule has 0 aliphatic heterocycles. The number of esters is 2. The smallest absolute Gasteiger partial charge is 0.306 e. The van der Waals surface area contributed by atoms with E-state index in [0.717, 1.165) is 50.9 Å². The molecule has 2 rings (SSSR count). The fourth-order valence-corrected chi connectivity index (χ4v) is 8.30. The van der Waals surface area contributed by atoms with Crippen LogP contribution in [-0.4, -0.2) is 62.3 Å². The molecule has 2 aromatic carbocycles. The van der Waals surface area contributed by atoms with Gasteiger partial charge in [0.25, 0.3) is 0 Å². The maximum Gasteiger partial charge on any atom is 0.306 e. The number of nitrogens with zero attached hydrogens (tertiary/aromatic N) is 1. The van der Waals surface area contributed by atoms with Crippen LogP contribution in [0.3, 0.4) is 0 Å². The molecule has 1 atom stereocenters. The van der Waals surface area contributed by atoms with E-state index in [1.54, 1.807) is 7.11 Å². The van der Waals surface area contributed by atoms with Gasteiger partial charge in [0.2, 0.25) is 0 Å². The lowest BCUT2D eigenvalue weighted by Crippen LogP contribution is -2.42. The number of hydrogen-bond acceptors (Lipinski definition) is 10. The molecular formula is C58H91NO9. The number of carbonyl (C=O) groups is 2. The molecule has 0 saturated heterocycles. The first kappa shape index (κ1) is 59.8. The van der Waals surface area contributed by atoms with Gasteiger partial charge in [0.15, 0.2) is 0 Å². The third kappa shape index (κ3) is 17.9. The Labute approximate surface area is 411 Å². The topological polar surface area (TPSA) is 141 Å². The molecule has 10 nitrogen and oxygen atoms in total. The number of nitroso groups, excluding NO2 is 1. The zero-order valence-corrected chi connectivity index (χ0v) is 46.0. The summed E-state index contributed by atoms with van der Waals surface area (Å²) >= 11 is 0. The zero-order valence-electron chi connectivity index (χ0n) is 46.0. The fourth-order valence-electron chi connectivity index (χ4n) is 8.30. The number of benzene rings is 2. The number of methoxy groups -OCH3 is 1. The largest absolute Gasteiger partial charge is 0.507 e. The number of ether oxygens (including phenoxy) is 4. The van der Waals surface area contributed by atoms with Crippen molar-refractivity contribution in [2.24, 2.45) is 21.4 Å². The summed E-state index contributed by atoms with van der Waals surface area (Å²) in [6, 6.07) is 8.11. The van der Waals surface area contributed by atoms with Crippen LogP contribution in [-0.2, 0) is 63.0 Å². The second-order valence-electron chi connectivity index (χ2n) is 25.0. The molecule has 0 aromatic heterocycles. The Morgan fingerprint density at radius 2 is 1.09 bits per heavy atom. The van der Waals surface area contributed by atoms with E-state index in [1.807, 2.05) is 99.6 Å². The summed E-state index contributed by atoms with van der Waals surface area (Å²) in [7, 11) is 1.56. The number of phenols is 1. The van der Waals surface area contributed by atoms with Gasteiger partial charge >= 0.3 is 11.9 Å². The molecule has 382 valence electrons. The summed E-state index contributed by atoms with van der Waals surface area (Å²) in [6.45, 7) is 39.5. The van der Waals surface area contributed by atoms with Crippen LogP contribution < -0.4 is 0 Å². The predicted octanol–water partition coefficient (Wildman–Crippen LogP) is 14.5. The first-order valence-corrected chi connectivity index (χ1v) is 24.6. The number of aromatic hydroxyl groups is 1. The Balaban J connectivity index is 2.37. The lowest BCUT2D eigenvalue weighted by molar-refractivity contribution is -0.161. The van der Waals surface area contributed by atoms with Gasteiger partial charge in [0, 0.05) is 26.6 Å². The molecule has 0 spiro atoms. The lowest BCUT2D eigenvalue weighted by Gasteiger charge is -2.32. The molecule has 10 heteroatoms. The molecule has 0 amide bonds. The summed E-state index contributed by atoms with van der Waals surface area (Å²) in [6.07, 6.45) is 8.09. The molecule has 1 unspecified atom stereocenters. The summed E-state index contributed by atoms with van der Waals surface area (Å²) < 4.78 is 24.0. The van der Waals surface area contributed by atoms with Crippen LogP contribution in [0.4, 0.5) is 5.69 Å². The standard InChI is InChI=1S/C58H91NO9/c1-21-41(52(2,3)4)50(62)42(53(5,6)7)26-22-23-27-47(60)67-37-58(35-65-20,36-66-30-24-25-39-33-45(56(14,15)16)51(63)46(34-39)57(17,18)19)38-68-48(61)29-28-40-31-43(54(8,9)10)49(59-64)44(32-40)55(11,12)13/h21-22,26,31-34,62-63H,23-25,27-30,35-38H2,1-20H3/b26-22+,41-21+,50-42-. The number of allylic oxidation sites excluding steroid dienone is 5. The van der Waals surface area contributed by atoms with Crippen molar-refractivity contribution in [3.05, 3.63) is 97.7 Å². The average Bonchev–Trinajstić information content (AvgIpc) is 3.18. The number of aryl methyl sites for hydroxylation is 2. The van der Waals surface area contributed by atoms with Crippen LogP contribution in [0.2, 0.25) is 0 Å². The Morgan fingerprint density at radius 3 is 1.50 bits per heavy atom. The van der Waals surface area contributed by atoms with Crippen LogP contribution in [0.1, 0.15) is 191 Å². The highest BCUT2D eigenvalue weighted by atomic mass is 16.6. The Kier molecular flexibility index (Phi) is 21.1. The number of aliphatic hydroxyl groups excluding tert-OH is 1. The number of rotatable bonds is 21. The summed E-state index contributed by atoms with van der Waals surface area (Å²) in [5.41, 5.74) is 4.77. The minimum absolute atomic E-state index is 0.0860. The number of carbonyl (C=O) groups excluding carboxylic acids is 2. The van der Waals surface area contributed by atoms with Crippen molar-refractivity contribution in [1.82, 2.24) is 0 Å². The van der Waals surface area contributed by atoms with Gasteiger partial charge in [-0.2, -0.15) is 0 Å². The van der Waals surface area contributed by atoms with Gasteiger partial charge in [-0.15, -0.1) is 4.91 Å². The number of hydrogen-bond donors (Lipinski definition) is 2. The molecule has 2 N–H and O–H groups in total. The molecule has 0 aliphatic carbocycles. The van der Waals surface area contributed by atoms with Gasteiger partial charge in [-0.3, -0.25) is 9.59 Å². The molecule has 0 saturated carbocycles. The van der Waals surface area contributed by atoms with Crippen molar-refractivity contribution in [3.8, 4) is 5.75 Å². The Morgan fingerprint density at radius 1 is 0.632 bits per heavy atom. The number of phenolic OH excluding ortho intramolecular Hbond substituents is 1. The van der Waals surface area contributed by atoms with E-state index in [2.05, 4.69) is 79.6 Å². The van der Waals surface area contributed by atoms with Gasteiger partial charge in [-0.1, -0.05) is 167 Å². The van der Waals surface area contributed by atoms with Gasteiger partial charge in [0.05, 0.1) is 18.6 Å². The van der Waals surface area contributed by atoms with Crippen LogP contribution in [0, 0.1) is 21.2 Å². The first-order valence-electron chi connectivity index (χ1n) is 24.6. The highest BCUT2D eigenvalue weighted by molar-refractivity contribution is 5.70. The van der Waals surface area contributed by atoms with Crippen LogP contribution in [0.5, 0.6) is 5.75 Å². The van der Waals surface area contributed by atoms with Crippen LogP contribution in [0.15, 0.2) is 64.6 Å². The maximum atomic E-state index is 13.6. The van der Waals surface area contributed by atoms with Gasteiger partial charge < -0.3 is 29.2 Å². The molecule has 0 aliphatic rings. The van der Waals surface area contributed by atoms with Crippen LogP contribution in [0.25, 0.3) is 0 Å².